The predicted octanol–water partition coefficient (Wildman–Crippen LogP) is 3.71. The van der Waals surface area contributed by atoms with Crippen LogP contribution in [0.1, 0.15) is 18.0 Å². The zero-order valence-corrected chi connectivity index (χ0v) is 17.9. The van der Waals surface area contributed by atoms with E-state index >= 15 is 0 Å². The Labute approximate surface area is 181 Å². The van der Waals surface area contributed by atoms with E-state index in [1.54, 1.807) is 0 Å². The van der Waals surface area contributed by atoms with Crippen molar-refractivity contribution in [3.63, 3.8) is 0 Å². The lowest BCUT2D eigenvalue weighted by Crippen LogP contribution is -2.55. The molecule has 1 saturated heterocycles. The van der Waals surface area contributed by atoms with E-state index in [-0.39, 0.29) is 32.9 Å². The van der Waals surface area contributed by atoms with E-state index in [2.05, 4.69) is 10.0 Å². The second-order valence-electron chi connectivity index (χ2n) is 6.39. The summed E-state index contributed by atoms with van der Waals surface area (Å²) in [5.41, 5.74) is 0.607. The van der Waals surface area contributed by atoms with Crippen LogP contribution in [-0.4, -0.2) is 36.8 Å². The number of hydrogen-bond acceptors (Lipinski definition) is 4. The Kier molecular flexibility index (Phi) is 6.28. The highest BCUT2D eigenvalue weighted by atomic mass is 35.5. The number of likely N-dealkylation sites (N-methyl/N-ethyl adjacent to an activating group) is 1. The van der Waals surface area contributed by atoms with Crippen LogP contribution < -0.4 is 10.0 Å². The van der Waals surface area contributed by atoms with Gasteiger partial charge in [-0.1, -0.05) is 34.8 Å². The van der Waals surface area contributed by atoms with Crippen LogP contribution in [0.5, 0.6) is 5.75 Å². The van der Waals surface area contributed by atoms with Gasteiger partial charge in [0.2, 0.25) is 5.91 Å². The summed E-state index contributed by atoms with van der Waals surface area (Å²) >= 11 is 17.6. The summed E-state index contributed by atoms with van der Waals surface area (Å²) in [4.78, 5) is 12.8. The molecule has 0 radical (unpaired) electrons. The van der Waals surface area contributed by atoms with Crippen molar-refractivity contribution in [1.29, 1.82) is 0 Å². The molecule has 0 aromatic heterocycles. The van der Waals surface area contributed by atoms with Crippen molar-refractivity contribution in [1.82, 2.24) is 9.03 Å². The average Bonchev–Trinajstić information content (AvgIpc) is 2.64. The highest BCUT2D eigenvalue weighted by Gasteiger charge is 2.41. The molecule has 7 nitrogen and oxygen atoms in total. The number of benzene rings is 2. The Hall–Kier alpha value is -1.62. The number of aromatic hydroxyl groups is 1. The Morgan fingerprint density at radius 1 is 1.21 bits per heavy atom. The molecule has 1 amide bonds. The third kappa shape index (κ3) is 4.60. The van der Waals surface area contributed by atoms with Gasteiger partial charge in [0.05, 0.1) is 21.1 Å². The first kappa shape index (κ1) is 22.1. The van der Waals surface area contributed by atoms with Crippen LogP contribution in [0.4, 0.5) is 10.1 Å². The molecular weight excluding hydrogens is 468 g/mol. The summed E-state index contributed by atoms with van der Waals surface area (Å²) in [7, 11) is -2.75. The maximum atomic E-state index is 13.3. The molecule has 156 valence electrons. The highest BCUT2D eigenvalue weighted by Crippen LogP contribution is 2.37. The lowest BCUT2D eigenvalue weighted by molar-refractivity contribution is -0.120. The number of nitrogens with zero attached hydrogens (tertiary/aromatic N) is 1. The van der Waals surface area contributed by atoms with Crippen LogP contribution in [0.2, 0.25) is 15.1 Å². The minimum absolute atomic E-state index is 0.0485. The minimum atomic E-state index is -4.01. The predicted molar refractivity (Wildman–Crippen MR) is 109 cm³/mol. The quantitative estimate of drug-likeness (QED) is 0.621. The number of carbonyl (C=O) groups excluding carboxylic acids is 1. The molecular formula is C17H15Cl3FN3O4S. The first-order valence-corrected chi connectivity index (χ1v) is 10.8. The van der Waals surface area contributed by atoms with Crippen molar-refractivity contribution in [3.05, 3.63) is 56.8 Å². The van der Waals surface area contributed by atoms with E-state index in [1.165, 1.54) is 31.3 Å². The Balaban J connectivity index is 1.89. The number of nitrogens with one attached hydrogen (secondary N) is 2. The van der Waals surface area contributed by atoms with Gasteiger partial charge in [-0.25, -0.2) is 4.39 Å². The number of carbonyl (C=O) groups is 1. The average molecular weight is 483 g/mol. The van der Waals surface area contributed by atoms with Crippen molar-refractivity contribution in [2.75, 3.05) is 12.4 Å². The van der Waals surface area contributed by atoms with Crippen LogP contribution in [0.3, 0.4) is 0 Å². The second kappa shape index (κ2) is 8.25. The molecule has 0 aliphatic carbocycles. The summed E-state index contributed by atoms with van der Waals surface area (Å²) in [5.74, 6) is -1.59. The Bertz CT molecular complexity index is 1060. The molecule has 1 heterocycles. The van der Waals surface area contributed by atoms with Crippen molar-refractivity contribution >= 4 is 56.6 Å². The molecule has 2 atom stereocenters. The van der Waals surface area contributed by atoms with Crippen LogP contribution in [-0.2, 0) is 15.0 Å². The first-order valence-electron chi connectivity index (χ1n) is 8.18. The van der Waals surface area contributed by atoms with Gasteiger partial charge >= 0.3 is 0 Å². The van der Waals surface area contributed by atoms with Crippen LogP contribution in [0.15, 0.2) is 30.3 Å². The van der Waals surface area contributed by atoms with Crippen molar-refractivity contribution < 1.29 is 22.7 Å². The smallest absolute Gasteiger partial charge is 0.280 e. The highest BCUT2D eigenvalue weighted by molar-refractivity contribution is 7.87. The molecule has 2 aromatic carbocycles. The first-order chi connectivity index (χ1) is 13.5. The number of amides is 1. The molecule has 0 bridgehead atoms. The monoisotopic (exact) mass is 481 g/mol. The maximum Gasteiger partial charge on any atom is 0.280 e. The molecule has 0 unspecified atom stereocenters. The van der Waals surface area contributed by atoms with Crippen LogP contribution in [0.25, 0.3) is 0 Å². The third-order valence-electron chi connectivity index (χ3n) is 4.50. The standard InChI is InChI=1S/C17H15Cl3FN3O4S/c1-24-15(17(26)22-9-2-3-13(21)10(18)6-9)7-14(23-29(24,27)28)8-4-11(19)16(25)12(20)5-8/h2-6,14-15,23,25H,7H2,1H3,(H,22,26)/t14-,15+/m0/s1. The summed E-state index contributed by atoms with van der Waals surface area (Å²) in [5, 5.41) is 12.0. The van der Waals surface area contributed by atoms with Gasteiger partial charge in [-0.05, 0) is 42.3 Å². The van der Waals surface area contributed by atoms with E-state index in [9.17, 15) is 22.7 Å². The summed E-state index contributed by atoms with van der Waals surface area (Å²) in [6.07, 6.45) is 0.0495. The zero-order valence-electron chi connectivity index (χ0n) is 14.8. The lowest BCUT2D eigenvalue weighted by atomic mass is 9.99. The van der Waals surface area contributed by atoms with Crippen LogP contribution in [0, 0.1) is 5.82 Å². The van der Waals surface area contributed by atoms with Gasteiger partial charge in [-0.3, -0.25) is 4.79 Å². The van der Waals surface area contributed by atoms with E-state index in [1.807, 2.05) is 0 Å². The van der Waals surface area contributed by atoms with Gasteiger partial charge in [0.25, 0.3) is 10.2 Å². The lowest BCUT2D eigenvalue weighted by Gasteiger charge is -2.36. The van der Waals surface area contributed by atoms with Crippen molar-refractivity contribution in [3.8, 4) is 5.75 Å². The summed E-state index contributed by atoms with van der Waals surface area (Å²) in [6.45, 7) is 0. The summed E-state index contributed by atoms with van der Waals surface area (Å²) in [6, 6.07) is 4.46. The molecule has 3 N–H and O–H groups in total. The fraction of sp³-hybridized carbons (Fsp3) is 0.235. The fourth-order valence-electron chi connectivity index (χ4n) is 2.91. The third-order valence-corrected chi connectivity index (χ3v) is 6.96. The van der Waals surface area contributed by atoms with Gasteiger partial charge in [0.15, 0.2) is 5.75 Å². The number of rotatable bonds is 3. The minimum Gasteiger partial charge on any atom is -0.505 e. The second-order valence-corrected chi connectivity index (χ2v) is 9.38. The number of phenolic OH excluding ortho intramolecular Hbond substituents is 1. The number of hydrogen-bond donors (Lipinski definition) is 3. The molecule has 0 spiro atoms. The summed E-state index contributed by atoms with van der Waals surface area (Å²) < 4.78 is 41.7. The van der Waals surface area contributed by atoms with Gasteiger partial charge < -0.3 is 10.4 Å². The van der Waals surface area contributed by atoms with E-state index in [0.717, 1.165) is 10.4 Å². The van der Waals surface area contributed by atoms with E-state index in [0.29, 0.717) is 5.56 Å². The molecule has 29 heavy (non-hydrogen) atoms. The zero-order chi connectivity index (χ0) is 21.5. The molecule has 1 fully saturated rings. The molecule has 1 aliphatic rings. The van der Waals surface area contributed by atoms with Gasteiger partial charge in [-0.15, -0.1) is 0 Å². The number of anilines is 1. The topological polar surface area (TPSA) is 98.7 Å². The Morgan fingerprint density at radius 3 is 2.41 bits per heavy atom. The number of phenols is 1. The van der Waals surface area contributed by atoms with Crippen LogP contribution >= 0.6 is 34.8 Å². The van der Waals surface area contributed by atoms with Gasteiger partial charge in [-0.2, -0.15) is 17.4 Å². The van der Waals surface area contributed by atoms with Gasteiger partial charge in [0, 0.05) is 12.7 Å². The normalized spacial score (nSPS) is 21.7. The Morgan fingerprint density at radius 2 is 1.83 bits per heavy atom. The number of halogens is 4. The fourth-order valence-corrected chi connectivity index (χ4v) is 4.87. The molecule has 12 heteroatoms. The maximum absolute atomic E-state index is 13.3. The molecule has 1 aliphatic heterocycles. The molecule has 2 aromatic rings. The SMILES string of the molecule is CN1[C@@H](C(=O)Nc2ccc(F)c(Cl)c2)C[C@@H](c2cc(Cl)c(O)c(Cl)c2)NS1(=O)=O. The molecule has 0 saturated carbocycles. The van der Waals surface area contributed by atoms with E-state index < -0.39 is 34.0 Å². The molecule has 3 rings (SSSR count). The van der Waals surface area contributed by atoms with Crippen molar-refractivity contribution in [2.45, 2.75) is 18.5 Å². The van der Waals surface area contributed by atoms with E-state index in [4.69, 9.17) is 34.8 Å². The van der Waals surface area contributed by atoms with Gasteiger partial charge in [0.1, 0.15) is 11.9 Å². The largest absolute Gasteiger partial charge is 0.505 e. The van der Waals surface area contributed by atoms with Crippen molar-refractivity contribution in [2.24, 2.45) is 0 Å².